The summed E-state index contributed by atoms with van der Waals surface area (Å²) in [5.74, 6) is -0.764. The van der Waals surface area contributed by atoms with Crippen molar-refractivity contribution in [2.45, 2.75) is 19.3 Å². The molecule has 0 bridgehead atoms. The van der Waals surface area contributed by atoms with Crippen LogP contribution in [0.4, 0.5) is 5.69 Å². The molecule has 0 atom stereocenters. The summed E-state index contributed by atoms with van der Waals surface area (Å²) in [5.41, 5.74) is 3.01. The Balaban J connectivity index is 1.62. The topological polar surface area (TPSA) is 103 Å². The molecule has 1 aliphatic carbocycles. The number of benzene rings is 1. The summed E-state index contributed by atoms with van der Waals surface area (Å²) in [7, 11) is 0. The highest BCUT2D eigenvalue weighted by molar-refractivity contribution is 9.10. The van der Waals surface area contributed by atoms with E-state index in [1.165, 1.54) is 30.6 Å². The molecular formula is C26H22BrN3O5. The zero-order valence-corrected chi connectivity index (χ0v) is 20.7. The molecular weight excluding hydrogens is 514 g/mol. The minimum Gasteiger partial charge on any atom is -0.460 e. The van der Waals surface area contributed by atoms with Crippen LogP contribution >= 0.6 is 15.9 Å². The number of rotatable bonds is 6. The van der Waals surface area contributed by atoms with E-state index in [2.05, 4.69) is 34.8 Å². The second-order valence-corrected chi connectivity index (χ2v) is 9.34. The second kappa shape index (κ2) is 9.79. The number of hydrogen-bond donors (Lipinski definition) is 0. The van der Waals surface area contributed by atoms with Crippen molar-refractivity contribution in [1.82, 2.24) is 4.98 Å². The largest absolute Gasteiger partial charge is 0.460 e. The summed E-state index contributed by atoms with van der Waals surface area (Å²) < 4.78 is 6.08. The first kappa shape index (κ1) is 24.3. The van der Waals surface area contributed by atoms with Gasteiger partial charge in [0.1, 0.15) is 6.61 Å². The van der Waals surface area contributed by atoms with E-state index in [4.69, 9.17) is 4.74 Å². The maximum Gasteiger partial charge on any atom is 0.339 e. The van der Waals surface area contributed by atoms with Gasteiger partial charge in [0.25, 0.3) is 5.70 Å². The molecule has 0 spiro atoms. The Bertz CT molecular complexity index is 1340. The quantitative estimate of drug-likeness (QED) is 0.224. The van der Waals surface area contributed by atoms with E-state index >= 15 is 0 Å². The lowest BCUT2D eigenvalue weighted by atomic mass is 9.83. The van der Waals surface area contributed by atoms with Crippen molar-refractivity contribution in [3.8, 4) is 0 Å². The Hall–Kier alpha value is -3.85. The number of aromatic nitrogens is 1. The molecule has 0 saturated heterocycles. The maximum absolute atomic E-state index is 12.5. The number of para-hydroxylation sites is 1. The van der Waals surface area contributed by atoms with E-state index in [1.807, 2.05) is 35.2 Å². The predicted octanol–water partition coefficient (Wildman–Crippen LogP) is 4.91. The number of allylic oxidation sites excluding steroid dienone is 7. The predicted molar refractivity (Wildman–Crippen MR) is 134 cm³/mol. The molecule has 9 heteroatoms. The Morgan fingerprint density at radius 2 is 2.00 bits per heavy atom. The van der Waals surface area contributed by atoms with Gasteiger partial charge in [-0.05, 0) is 51.9 Å². The highest BCUT2D eigenvalue weighted by Crippen LogP contribution is 2.47. The smallest absolute Gasteiger partial charge is 0.339 e. The lowest BCUT2D eigenvalue weighted by Crippen LogP contribution is -2.29. The van der Waals surface area contributed by atoms with Crippen LogP contribution < -0.4 is 4.90 Å². The molecule has 0 saturated carbocycles. The van der Waals surface area contributed by atoms with Crippen molar-refractivity contribution in [2.75, 3.05) is 18.1 Å². The number of pyridine rings is 1. The number of halogens is 1. The van der Waals surface area contributed by atoms with Gasteiger partial charge in [0.05, 0.1) is 21.5 Å². The lowest BCUT2D eigenvalue weighted by Gasteiger charge is -2.27. The van der Waals surface area contributed by atoms with Crippen molar-refractivity contribution in [1.29, 1.82) is 0 Å². The molecule has 0 N–H and O–H groups in total. The van der Waals surface area contributed by atoms with Crippen LogP contribution in [0.25, 0.3) is 0 Å². The summed E-state index contributed by atoms with van der Waals surface area (Å²) in [6.07, 6.45) is 10.1. The SMILES string of the molecule is CC1(C)/C(=C\C=C2\C=C([N+](=O)[O-])C=CC2=O)N(CCOC(=O)c2ccncc2Br)c2ccccc21. The zero-order chi connectivity index (χ0) is 25.2. The minimum absolute atomic E-state index is 0.124. The van der Waals surface area contributed by atoms with Crippen LogP contribution in [0.3, 0.4) is 0 Å². The summed E-state index contributed by atoms with van der Waals surface area (Å²) in [5, 5.41) is 11.1. The van der Waals surface area contributed by atoms with Gasteiger partial charge < -0.3 is 9.64 Å². The van der Waals surface area contributed by atoms with E-state index in [1.54, 1.807) is 12.1 Å². The number of esters is 1. The van der Waals surface area contributed by atoms with Gasteiger partial charge in [0.2, 0.25) is 0 Å². The molecule has 0 unspecified atom stereocenters. The summed E-state index contributed by atoms with van der Waals surface area (Å²) in [6, 6.07) is 9.51. The molecule has 1 aromatic carbocycles. The van der Waals surface area contributed by atoms with Crippen LogP contribution in [0.1, 0.15) is 29.8 Å². The molecule has 4 rings (SSSR count). The fourth-order valence-electron chi connectivity index (χ4n) is 4.18. The fourth-order valence-corrected chi connectivity index (χ4v) is 4.59. The number of anilines is 1. The normalized spacial score (nSPS) is 18.5. The molecule has 0 radical (unpaired) electrons. The number of carbonyl (C=O) groups is 2. The molecule has 1 aromatic heterocycles. The van der Waals surface area contributed by atoms with E-state index in [0.29, 0.717) is 16.6 Å². The summed E-state index contributed by atoms with van der Waals surface area (Å²) in [6.45, 7) is 4.64. The molecule has 0 fully saturated rings. The molecule has 2 aromatic rings. The van der Waals surface area contributed by atoms with Crippen molar-refractivity contribution in [2.24, 2.45) is 0 Å². The highest BCUT2D eigenvalue weighted by atomic mass is 79.9. The lowest BCUT2D eigenvalue weighted by molar-refractivity contribution is -0.419. The first-order chi connectivity index (χ1) is 16.7. The monoisotopic (exact) mass is 535 g/mol. The number of ketones is 1. The first-order valence-electron chi connectivity index (χ1n) is 10.8. The number of fused-ring (bicyclic) bond motifs is 1. The van der Waals surface area contributed by atoms with Crippen molar-refractivity contribution >= 4 is 33.4 Å². The summed E-state index contributed by atoms with van der Waals surface area (Å²) >= 11 is 3.31. The Labute approximate surface area is 210 Å². The van der Waals surface area contributed by atoms with Gasteiger partial charge in [0, 0.05) is 46.9 Å². The van der Waals surface area contributed by atoms with E-state index in [0.717, 1.165) is 16.9 Å². The van der Waals surface area contributed by atoms with Crippen LogP contribution in [0.5, 0.6) is 0 Å². The van der Waals surface area contributed by atoms with Crippen molar-refractivity contribution < 1.29 is 19.2 Å². The van der Waals surface area contributed by atoms with E-state index < -0.39 is 16.3 Å². The van der Waals surface area contributed by atoms with Gasteiger partial charge in [-0.25, -0.2) is 4.79 Å². The third-order valence-electron chi connectivity index (χ3n) is 5.96. The number of hydrogen-bond acceptors (Lipinski definition) is 7. The number of nitrogens with zero attached hydrogens (tertiary/aromatic N) is 3. The van der Waals surface area contributed by atoms with E-state index in [-0.39, 0.29) is 23.7 Å². The molecule has 1 aliphatic heterocycles. The maximum atomic E-state index is 12.5. The van der Waals surface area contributed by atoms with Gasteiger partial charge in [-0.3, -0.25) is 19.9 Å². The minimum atomic E-state index is -0.527. The number of carbonyl (C=O) groups excluding carboxylic acids is 2. The molecule has 178 valence electrons. The van der Waals surface area contributed by atoms with Crippen molar-refractivity contribution in [3.63, 3.8) is 0 Å². The van der Waals surface area contributed by atoms with Crippen LogP contribution in [0, 0.1) is 10.1 Å². The molecule has 35 heavy (non-hydrogen) atoms. The summed E-state index contributed by atoms with van der Waals surface area (Å²) in [4.78, 5) is 41.4. The van der Waals surface area contributed by atoms with Crippen LogP contribution in [-0.2, 0) is 14.9 Å². The van der Waals surface area contributed by atoms with Crippen LogP contribution in [-0.4, -0.2) is 34.8 Å². The average Bonchev–Trinajstić information content (AvgIpc) is 3.05. The molecule has 8 nitrogen and oxygen atoms in total. The zero-order valence-electron chi connectivity index (χ0n) is 19.1. The molecule has 2 aliphatic rings. The van der Waals surface area contributed by atoms with Gasteiger partial charge in [-0.2, -0.15) is 0 Å². The number of nitro groups is 1. The second-order valence-electron chi connectivity index (χ2n) is 8.48. The Kier molecular flexibility index (Phi) is 6.79. The third kappa shape index (κ3) is 4.85. The van der Waals surface area contributed by atoms with Crippen molar-refractivity contribution in [3.05, 3.63) is 116 Å². The van der Waals surface area contributed by atoms with Crippen LogP contribution in [0.2, 0.25) is 0 Å². The highest BCUT2D eigenvalue weighted by Gasteiger charge is 2.39. The van der Waals surface area contributed by atoms with Gasteiger partial charge in [-0.1, -0.05) is 32.0 Å². The number of ether oxygens (including phenoxy) is 1. The molecule has 2 heterocycles. The fraction of sp³-hybridized carbons (Fsp3) is 0.192. The average molecular weight is 536 g/mol. The standard InChI is InChI=1S/C26H22BrN3O5/c1-26(2)20-5-3-4-6-22(20)29(13-14-35-25(32)19-11-12-28-16-21(19)27)24(26)10-7-17-15-18(30(33)34)8-9-23(17)31/h3-12,15-16H,13-14H2,1-2H3/b17-7-,24-10+. The van der Waals surface area contributed by atoms with Crippen LogP contribution in [0.15, 0.2) is 94.5 Å². The Morgan fingerprint density at radius 1 is 1.23 bits per heavy atom. The first-order valence-corrected chi connectivity index (χ1v) is 11.6. The van der Waals surface area contributed by atoms with Gasteiger partial charge in [-0.15, -0.1) is 0 Å². The van der Waals surface area contributed by atoms with E-state index in [9.17, 15) is 19.7 Å². The molecule has 0 amide bonds. The van der Waals surface area contributed by atoms with Gasteiger partial charge in [0.15, 0.2) is 5.78 Å². The van der Waals surface area contributed by atoms with Gasteiger partial charge >= 0.3 is 5.97 Å². The Morgan fingerprint density at radius 3 is 2.74 bits per heavy atom. The third-order valence-corrected chi connectivity index (χ3v) is 6.60.